The molecule has 2 fully saturated rings. The molecule has 0 bridgehead atoms. The molecule has 2 rings (SSSR count). The highest BCUT2D eigenvalue weighted by Crippen LogP contribution is 2.51. The molecule has 1 N–H and O–H groups in total. The molecule has 0 aromatic heterocycles. The van der Waals surface area contributed by atoms with E-state index in [1.54, 1.807) is 11.8 Å². The molecule has 4 nitrogen and oxygen atoms in total. The molecule has 2 aliphatic rings. The second-order valence-electron chi connectivity index (χ2n) is 3.95. The number of carbonyl (C=O) groups is 2. The Kier molecular flexibility index (Phi) is 1.78. The van der Waals surface area contributed by atoms with Crippen molar-refractivity contribution in [3.63, 3.8) is 0 Å². The lowest BCUT2D eigenvalue weighted by Crippen LogP contribution is -2.35. The van der Waals surface area contributed by atoms with E-state index in [9.17, 15) is 9.59 Å². The van der Waals surface area contributed by atoms with E-state index < -0.39 is 5.97 Å². The van der Waals surface area contributed by atoms with Gasteiger partial charge in [0.1, 0.15) is 0 Å². The predicted molar refractivity (Wildman–Crippen MR) is 45.0 cm³/mol. The van der Waals surface area contributed by atoms with Crippen molar-refractivity contribution < 1.29 is 14.7 Å². The fourth-order valence-corrected chi connectivity index (χ4v) is 2.39. The van der Waals surface area contributed by atoms with Crippen LogP contribution < -0.4 is 0 Å². The third-order valence-corrected chi connectivity index (χ3v) is 3.23. The summed E-state index contributed by atoms with van der Waals surface area (Å²) in [5.74, 6) is -0.234. The molecule has 4 heteroatoms. The number of amides is 1. The summed E-state index contributed by atoms with van der Waals surface area (Å²) in [4.78, 5) is 23.5. The van der Waals surface area contributed by atoms with Crippen molar-refractivity contribution in [2.24, 2.45) is 17.8 Å². The molecule has 0 aromatic rings. The lowest BCUT2D eigenvalue weighted by atomic mass is 10.1. The van der Waals surface area contributed by atoms with Crippen molar-refractivity contribution in [1.82, 2.24) is 4.90 Å². The zero-order chi connectivity index (χ0) is 9.59. The van der Waals surface area contributed by atoms with Crippen LogP contribution in [0.3, 0.4) is 0 Å². The number of likely N-dealkylation sites (tertiary alicyclic amines) is 1. The van der Waals surface area contributed by atoms with Crippen molar-refractivity contribution in [2.45, 2.75) is 13.3 Å². The third kappa shape index (κ3) is 1.30. The number of fused-ring (bicyclic) bond motifs is 1. The van der Waals surface area contributed by atoms with Crippen LogP contribution in [-0.2, 0) is 9.59 Å². The Hall–Kier alpha value is -1.06. The number of hydrogen-bond donors (Lipinski definition) is 1. The van der Waals surface area contributed by atoms with Crippen molar-refractivity contribution in [3.8, 4) is 0 Å². The first kappa shape index (κ1) is 8.53. The summed E-state index contributed by atoms with van der Waals surface area (Å²) >= 11 is 0. The second-order valence-corrected chi connectivity index (χ2v) is 3.95. The Morgan fingerprint density at radius 3 is 2.62 bits per heavy atom. The molecule has 1 saturated heterocycles. The molecule has 72 valence electrons. The van der Waals surface area contributed by atoms with Gasteiger partial charge in [-0.1, -0.05) is 0 Å². The third-order valence-electron chi connectivity index (χ3n) is 3.23. The molecule has 0 spiro atoms. The van der Waals surface area contributed by atoms with Crippen LogP contribution in [0.5, 0.6) is 0 Å². The lowest BCUT2D eigenvalue weighted by Gasteiger charge is -2.24. The van der Waals surface area contributed by atoms with Gasteiger partial charge in [0.25, 0.3) is 0 Å². The van der Waals surface area contributed by atoms with Gasteiger partial charge in [-0.25, -0.2) is 0 Å². The zero-order valence-electron chi connectivity index (χ0n) is 7.56. The van der Waals surface area contributed by atoms with E-state index in [1.165, 1.54) is 0 Å². The first-order chi connectivity index (χ1) is 6.11. The number of carboxylic acids is 1. The number of piperidine rings is 1. The number of carbonyl (C=O) groups excluding carboxylic acids is 1. The molecule has 1 saturated carbocycles. The highest BCUT2D eigenvalue weighted by molar-refractivity contribution is 5.76. The van der Waals surface area contributed by atoms with Gasteiger partial charge in [-0.3, -0.25) is 9.59 Å². The van der Waals surface area contributed by atoms with Crippen molar-refractivity contribution in [3.05, 3.63) is 0 Å². The second kappa shape index (κ2) is 2.72. The SMILES string of the molecule is CC(=O)N1CC[C@@H]2C(C(=O)O)[C@@H]2C1. The molecule has 0 radical (unpaired) electrons. The first-order valence-corrected chi connectivity index (χ1v) is 4.59. The van der Waals surface area contributed by atoms with Gasteiger partial charge in [-0.05, 0) is 18.3 Å². The maximum absolute atomic E-state index is 11.0. The number of carboxylic acid groups (broad SMARTS) is 1. The zero-order valence-corrected chi connectivity index (χ0v) is 7.56. The molecule has 13 heavy (non-hydrogen) atoms. The van der Waals surface area contributed by atoms with Crippen molar-refractivity contribution >= 4 is 11.9 Å². The van der Waals surface area contributed by atoms with Crippen LogP contribution >= 0.6 is 0 Å². The summed E-state index contributed by atoms with van der Waals surface area (Å²) in [6, 6.07) is 0. The Balaban J connectivity index is 1.97. The molecule has 0 aromatic carbocycles. The topological polar surface area (TPSA) is 57.6 Å². The predicted octanol–water partition coefficient (Wildman–Crippen LogP) is 0.185. The van der Waals surface area contributed by atoms with E-state index in [1.807, 2.05) is 0 Å². The monoisotopic (exact) mass is 183 g/mol. The van der Waals surface area contributed by atoms with Crippen LogP contribution in [0.4, 0.5) is 0 Å². The van der Waals surface area contributed by atoms with E-state index in [2.05, 4.69) is 0 Å². The van der Waals surface area contributed by atoms with E-state index >= 15 is 0 Å². The molecular weight excluding hydrogens is 170 g/mol. The maximum atomic E-state index is 11.0. The minimum Gasteiger partial charge on any atom is -0.481 e. The Bertz CT molecular complexity index is 252. The van der Waals surface area contributed by atoms with E-state index in [4.69, 9.17) is 5.11 Å². The van der Waals surface area contributed by atoms with Gasteiger partial charge in [0, 0.05) is 20.0 Å². The van der Waals surface area contributed by atoms with Crippen molar-refractivity contribution in [1.29, 1.82) is 0 Å². The smallest absolute Gasteiger partial charge is 0.307 e. The minimum atomic E-state index is -0.694. The number of hydrogen-bond acceptors (Lipinski definition) is 2. The van der Waals surface area contributed by atoms with E-state index in [0.717, 1.165) is 13.0 Å². The van der Waals surface area contributed by atoms with Crippen LogP contribution in [0.2, 0.25) is 0 Å². The van der Waals surface area contributed by atoms with E-state index in [-0.39, 0.29) is 17.7 Å². The molecular formula is C9H13NO3. The number of nitrogens with zero attached hydrogens (tertiary/aromatic N) is 1. The summed E-state index contributed by atoms with van der Waals surface area (Å²) < 4.78 is 0. The Morgan fingerprint density at radius 2 is 2.08 bits per heavy atom. The molecule has 1 heterocycles. The summed E-state index contributed by atoms with van der Waals surface area (Å²) in [5, 5.41) is 8.81. The van der Waals surface area contributed by atoms with E-state index in [0.29, 0.717) is 12.5 Å². The molecule has 1 aliphatic carbocycles. The highest BCUT2D eigenvalue weighted by atomic mass is 16.4. The van der Waals surface area contributed by atoms with Gasteiger partial charge in [-0.2, -0.15) is 0 Å². The number of aliphatic carboxylic acids is 1. The minimum absolute atomic E-state index is 0.0643. The normalized spacial score (nSPS) is 36.7. The summed E-state index contributed by atoms with van der Waals surface area (Å²) in [5.41, 5.74) is 0. The Morgan fingerprint density at radius 1 is 1.38 bits per heavy atom. The summed E-state index contributed by atoms with van der Waals surface area (Å²) in [7, 11) is 0. The van der Waals surface area contributed by atoms with Gasteiger partial charge in [0.15, 0.2) is 0 Å². The fourth-order valence-electron chi connectivity index (χ4n) is 2.39. The van der Waals surface area contributed by atoms with Crippen LogP contribution in [0, 0.1) is 17.8 Å². The Labute approximate surface area is 76.5 Å². The fraction of sp³-hybridized carbons (Fsp3) is 0.778. The summed E-state index contributed by atoms with van der Waals surface area (Å²) in [6.45, 7) is 2.93. The van der Waals surface area contributed by atoms with Gasteiger partial charge in [-0.15, -0.1) is 0 Å². The summed E-state index contributed by atoms with van der Waals surface area (Å²) in [6.07, 6.45) is 0.862. The van der Waals surface area contributed by atoms with Crippen LogP contribution in [-0.4, -0.2) is 35.0 Å². The largest absolute Gasteiger partial charge is 0.481 e. The van der Waals surface area contributed by atoms with Crippen LogP contribution in [0.25, 0.3) is 0 Å². The molecule has 1 unspecified atom stereocenters. The average Bonchev–Trinajstić information content (AvgIpc) is 2.75. The van der Waals surface area contributed by atoms with Gasteiger partial charge in [0.05, 0.1) is 5.92 Å². The first-order valence-electron chi connectivity index (χ1n) is 4.59. The quantitative estimate of drug-likeness (QED) is 0.631. The van der Waals surface area contributed by atoms with Gasteiger partial charge < -0.3 is 10.0 Å². The molecule has 1 amide bonds. The van der Waals surface area contributed by atoms with Crippen molar-refractivity contribution in [2.75, 3.05) is 13.1 Å². The van der Waals surface area contributed by atoms with Crippen LogP contribution in [0.15, 0.2) is 0 Å². The van der Waals surface area contributed by atoms with Gasteiger partial charge in [0.2, 0.25) is 5.91 Å². The number of rotatable bonds is 1. The standard InChI is InChI=1S/C9H13NO3/c1-5(11)10-3-2-6-7(4-10)8(6)9(12)13/h6-8H,2-4H2,1H3,(H,12,13)/t6-,7+,8?/m0/s1. The van der Waals surface area contributed by atoms with Gasteiger partial charge >= 0.3 is 5.97 Å². The maximum Gasteiger partial charge on any atom is 0.307 e. The van der Waals surface area contributed by atoms with Crippen LogP contribution in [0.1, 0.15) is 13.3 Å². The average molecular weight is 183 g/mol. The molecule has 1 aliphatic heterocycles. The highest BCUT2D eigenvalue weighted by Gasteiger charge is 2.57. The lowest BCUT2D eigenvalue weighted by molar-refractivity contribution is -0.139. The molecule has 3 atom stereocenters.